The second kappa shape index (κ2) is 4.93. The summed E-state index contributed by atoms with van der Waals surface area (Å²) in [5.74, 6) is -0.340. The number of hydrogen-bond acceptors (Lipinski definition) is 4. The van der Waals surface area contributed by atoms with E-state index in [0.29, 0.717) is 13.1 Å². The van der Waals surface area contributed by atoms with Crippen LogP contribution in [0.4, 0.5) is 0 Å². The van der Waals surface area contributed by atoms with Crippen molar-refractivity contribution in [2.75, 3.05) is 19.6 Å². The molecule has 1 aliphatic rings. The van der Waals surface area contributed by atoms with Crippen LogP contribution < -0.4 is 4.87 Å². The fraction of sp³-hybridized carbons (Fsp3) is 0.545. The number of carbonyl (C=O) groups excluding carboxylic acids is 2. The highest BCUT2D eigenvalue weighted by Gasteiger charge is 2.29. The van der Waals surface area contributed by atoms with Crippen LogP contribution >= 0.6 is 11.3 Å². The molecule has 0 aliphatic carbocycles. The van der Waals surface area contributed by atoms with Gasteiger partial charge in [0.25, 0.3) is 5.91 Å². The molecular formula is C11H15N3O3S. The number of nitrogens with one attached hydrogen (secondary N) is 1. The van der Waals surface area contributed by atoms with E-state index in [0.717, 1.165) is 11.3 Å². The molecule has 1 N–H and O–H groups in total. The van der Waals surface area contributed by atoms with Gasteiger partial charge in [-0.05, 0) is 13.8 Å². The number of thiazole rings is 1. The van der Waals surface area contributed by atoms with Crippen molar-refractivity contribution in [2.24, 2.45) is 0 Å². The summed E-state index contributed by atoms with van der Waals surface area (Å²) >= 11 is 0.949. The summed E-state index contributed by atoms with van der Waals surface area (Å²) in [5.41, 5.74) is 0.260. The Morgan fingerprint density at radius 3 is 2.61 bits per heavy atom. The number of rotatable bonds is 2. The molecule has 0 spiro atoms. The minimum atomic E-state index is -0.287. The van der Waals surface area contributed by atoms with E-state index in [4.69, 9.17) is 0 Å². The van der Waals surface area contributed by atoms with Crippen LogP contribution in [0.25, 0.3) is 0 Å². The van der Waals surface area contributed by atoms with Crippen molar-refractivity contribution in [3.63, 3.8) is 0 Å². The summed E-state index contributed by atoms with van der Waals surface area (Å²) in [5, 5.41) is 1.49. The van der Waals surface area contributed by atoms with Crippen LogP contribution in [0.15, 0.2) is 10.2 Å². The van der Waals surface area contributed by atoms with Crippen LogP contribution in [0.3, 0.4) is 0 Å². The predicted molar refractivity (Wildman–Crippen MR) is 67.7 cm³/mol. The molecule has 0 unspecified atom stereocenters. The van der Waals surface area contributed by atoms with Gasteiger partial charge in [0.15, 0.2) is 0 Å². The fourth-order valence-electron chi connectivity index (χ4n) is 1.96. The Bertz CT molecular complexity index is 520. The van der Waals surface area contributed by atoms with Crippen LogP contribution in [0, 0.1) is 0 Å². The molecule has 1 aromatic heterocycles. The molecule has 2 heterocycles. The van der Waals surface area contributed by atoms with Gasteiger partial charge in [0.05, 0.1) is 0 Å². The average Bonchev–Trinajstić information content (AvgIpc) is 2.74. The lowest BCUT2D eigenvalue weighted by molar-refractivity contribution is -0.136. The highest BCUT2D eigenvalue weighted by molar-refractivity contribution is 7.07. The van der Waals surface area contributed by atoms with E-state index in [1.54, 1.807) is 4.90 Å². The third-order valence-corrected chi connectivity index (χ3v) is 3.59. The monoisotopic (exact) mass is 269 g/mol. The van der Waals surface area contributed by atoms with Gasteiger partial charge in [-0.1, -0.05) is 11.3 Å². The molecule has 6 nitrogen and oxygen atoms in total. The van der Waals surface area contributed by atoms with Crippen LogP contribution in [-0.4, -0.2) is 52.3 Å². The lowest BCUT2D eigenvalue weighted by atomic mass is 10.2. The molecule has 1 aliphatic heterocycles. The summed E-state index contributed by atoms with van der Waals surface area (Å²) in [6, 6.07) is 0.149. The Labute approximate surface area is 108 Å². The first-order valence-electron chi connectivity index (χ1n) is 5.75. The number of H-pyrrole nitrogens is 1. The van der Waals surface area contributed by atoms with Gasteiger partial charge in [-0.25, -0.2) is 0 Å². The summed E-state index contributed by atoms with van der Waals surface area (Å²) in [6.45, 7) is 5.02. The maximum Gasteiger partial charge on any atom is 0.305 e. The lowest BCUT2D eigenvalue weighted by Gasteiger charge is -2.36. The molecule has 0 radical (unpaired) electrons. The molecule has 1 fully saturated rings. The Morgan fingerprint density at radius 1 is 1.39 bits per heavy atom. The molecule has 2 amide bonds. The van der Waals surface area contributed by atoms with Crippen molar-refractivity contribution < 1.29 is 9.59 Å². The topological polar surface area (TPSA) is 73.5 Å². The number of carbonyl (C=O) groups is 2. The Morgan fingerprint density at radius 2 is 2.11 bits per heavy atom. The molecule has 0 atom stereocenters. The highest BCUT2D eigenvalue weighted by Crippen LogP contribution is 2.10. The number of piperazine rings is 1. The van der Waals surface area contributed by atoms with Gasteiger partial charge in [-0.3, -0.25) is 14.4 Å². The third kappa shape index (κ3) is 2.45. The van der Waals surface area contributed by atoms with E-state index in [9.17, 15) is 14.4 Å². The molecule has 7 heteroatoms. The number of hydrogen-bond donors (Lipinski definition) is 1. The fourth-order valence-corrected chi connectivity index (χ4v) is 2.51. The normalized spacial score (nSPS) is 16.5. The number of nitrogens with zero attached hydrogens (tertiary/aromatic N) is 2. The maximum absolute atomic E-state index is 12.0. The average molecular weight is 269 g/mol. The Hall–Kier alpha value is -1.63. The third-order valence-electron chi connectivity index (χ3n) is 2.92. The Kier molecular flexibility index (Phi) is 3.51. The van der Waals surface area contributed by atoms with E-state index in [2.05, 4.69) is 4.98 Å². The van der Waals surface area contributed by atoms with E-state index in [1.807, 2.05) is 13.8 Å². The minimum absolute atomic E-state index is 0.0535. The Balaban J connectivity index is 2.07. The van der Waals surface area contributed by atoms with Gasteiger partial charge < -0.3 is 14.8 Å². The highest BCUT2D eigenvalue weighted by atomic mass is 32.1. The summed E-state index contributed by atoms with van der Waals surface area (Å²) < 4.78 is 0. The first-order valence-corrected chi connectivity index (χ1v) is 6.63. The second-order valence-corrected chi connectivity index (χ2v) is 5.31. The van der Waals surface area contributed by atoms with Gasteiger partial charge in [-0.15, -0.1) is 0 Å². The van der Waals surface area contributed by atoms with E-state index in [-0.39, 0.29) is 35.0 Å². The van der Waals surface area contributed by atoms with E-state index < -0.39 is 0 Å². The van der Waals surface area contributed by atoms with Gasteiger partial charge >= 0.3 is 4.87 Å². The van der Waals surface area contributed by atoms with Gasteiger partial charge in [-0.2, -0.15) is 0 Å². The minimum Gasteiger partial charge on any atom is -0.337 e. The molecule has 1 saturated heterocycles. The zero-order chi connectivity index (χ0) is 13.3. The van der Waals surface area contributed by atoms with Gasteiger partial charge in [0.2, 0.25) is 5.91 Å². The molecule has 0 bridgehead atoms. The zero-order valence-electron chi connectivity index (χ0n) is 10.3. The quantitative estimate of drug-likeness (QED) is 0.829. The van der Waals surface area contributed by atoms with Crippen molar-refractivity contribution in [1.29, 1.82) is 0 Å². The summed E-state index contributed by atoms with van der Waals surface area (Å²) in [4.78, 5) is 40.3. The van der Waals surface area contributed by atoms with E-state index >= 15 is 0 Å². The standard InChI is InChI=1S/C11H15N3O3S/c1-7(2)14-4-3-13(5-9(14)15)10(16)8-6-18-11(17)12-8/h6-7H,3-5H2,1-2H3,(H,12,17). The smallest absolute Gasteiger partial charge is 0.305 e. The number of amides is 2. The summed E-state index contributed by atoms with van der Waals surface area (Å²) in [6.07, 6.45) is 0. The lowest BCUT2D eigenvalue weighted by Crippen LogP contribution is -2.54. The summed E-state index contributed by atoms with van der Waals surface area (Å²) in [7, 11) is 0. The molecule has 2 rings (SSSR count). The van der Waals surface area contributed by atoms with E-state index in [1.165, 1.54) is 10.3 Å². The maximum atomic E-state index is 12.0. The van der Waals surface area contributed by atoms with Crippen LogP contribution in [0.5, 0.6) is 0 Å². The van der Waals surface area contributed by atoms with Crippen molar-refractivity contribution in [3.8, 4) is 0 Å². The van der Waals surface area contributed by atoms with Crippen LogP contribution in [0.2, 0.25) is 0 Å². The van der Waals surface area contributed by atoms with Gasteiger partial charge in [0.1, 0.15) is 12.2 Å². The number of aromatic amines is 1. The second-order valence-electron chi connectivity index (χ2n) is 4.47. The van der Waals surface area contributed by atoms with Crippen molar-refractivity contribution >= 4 is 23.2 Å². The zero-order valence-corrected chi connectivity index (χ0v) is 11.1. The molecular weight excluding hydrogens is 254 g/mol. The molecule has 0 aromatic carbocycles. The molecule has 0 saturated carbocycles. The molecule has 1 aromatic rings. The predicted octanol–water partition coefficient (Wildman–Crippen LogP) is 0.129. The van der Waals surface area contributed by atoms with Crippen molar-refractivity contribution in [3.05, 3.63) is 20.7 Å². The molecule has 98 valence electrons. The SMILES string of the molecule is CC(C)N1CCN(C(=O)c2csc(=O)[nH]2)CC1=O. The van der Waals surface area contributed by atoms with Gasteiger partial charge in [0, 0.05) is 24.5 Å². The first-order chi connectivity index (χ1) is 8.49. The first kappa shape index (κ1) is 12.8. The van der Waals surface area contributed by atoms with Crippen molar-refractivity contribution in [1.82, 2.24) is 14.8 Å². The van der Waals surface area contributed by atoms with Crippen LogP contribution in [0.1, 0.15) is 24.3 Å². The van der Waals surface area contributed by atoms with Crippen LogP contribution in [-0.2, 0) is 4.79 Å². The van der Waals surface area contributed by atoms with Crippen molar-refractivity contribution in [2.45, 2.75) is 19.9 Å². The molecule has 18 heavy (non-hydrogen) atoms. The number of aromatic nitrogens is 1. The largest absolute Gasteiger partial charge is 0.337 e.